The molecule has 0 aliphatic carbocycles. The molecular weight excluding hydrogens is 228 g/mol. The van der Waals surface area contributed by atoms with Crippen molar-refractivity contribution in [3.63, 3.8) is 0 Å². The fraction of sp³-hybridized carbons (Fsp3) is 0.533. The van der Waals surface area contributed by atoms with Gasteiger partial charge in [0, 0.05) is 24.8 Å². The van der Waals surface area contributed by atoms with E-state index in [1.54, 1.807) is 0 Å². The lowest BCUT2D eigenvalue weighted by atomic mass is 9.76. The highest BCUT2D eigenvalue weighted by Crippen LogP contribution is 2.49. The van der Waals surface area contributed by atoms with Gasteiger partial charge in [-0.3, -0.25) is 4.79 Å². The van der Waals surface area contributed by atoms with Gasteiger partial charge in [-0.25, -0.2) is 0 Å². The second-order valence-electron chi connectivity index (χ2n) is 5.84. The highest BCUT2D eigenvalue weighted by Gasteiger charge is 2.48. The summed E-state index contributed by atoms with van der Waals surface area (Å²) < 4.78 is 12.0. The fourth-order valence-electron chi connectivity index (χ4n) is 3.15. The molecular formula is C15H18O3. The third kappa shape index (κ3) is 1.83. The van der Waals surface area contributed by atoms with E-state index in [1.807, 2.05) is 38.1 Å². The number of para-hydroxylation sites is 1. The molecule has 2 aliphatic rings. The molecule has 1 fully saturated rings. The predicted molar refractivity (Wildman–Crippen MR) is 67.6 cm³/mol. The van der Waals surface area contributed by atoms with Crippen molar-refractivity contribution in [2.45, 2.75) is 44.3 Å². The zero-order valence-electron chi connectivity index (χ0n) is 10.9. The van der Waals surface area contributed by atoms with Gasteiger partial charge < -0.3 is 9.47 Å². The van der Waals surface area contributed by atoms with Gasteiger partial charge in [0.05, 0.1) is 6.61 Å². The first-order valence-electron chi connectivity index (χ1n) is 6.45. The van der Waals surface area contributed by atoms with Gasteiger partial charge in [-0.1, -0.05) is 18.2 Å². The Labute approximate surface area is 107 Å². The molecule has 1 spiro atoms. The van der Waals surface area contributed by atoms with E-state index < -0.39 is 5.60 Å². The summed E-state index contributed by atoms with van der Waals surface area (Å²) in [4.78, 5) is 11.8. The molecule has 18 heavy (non-hydrogen) atoms. The maximum absolute atomic E-state index is 11.8. The van der Waals surface area contributed by atoms with E-state index in [0.717, 1.165) is 17.7 Å². The van der Waals surface area contributed by atoms with Crippen LogP contribution in [0.4, 0.5) is 0 Å². The molecule has 0 amide bonds. The van der Waals surface area contributed by atoms with Gasteiger partial charge in [0.2, 0.25) is 0 Å². The van der Waals surface area contributed by atoms with Crippen LogP contribution in [0.15, 0.2) is 24.3 Å². The van der Waals surface area contributed by atoms with Crippen molar-refractivity contribution in [3.8, 4) is 5.75 Å². The zero-order valence-corrected chi connectivity index (χ0v) is 10.9. The van der Waals surface area contributed by atoms with Crippen LogP contribution in [0.3, 0.4) is 0 Å². The lowest BCUT2D eigenvalue weighted by molar-refractivity contribution is -0.156. The van der Waals surface area contributed by atoms with E-state index in [1.165, 1.54) is 0 Å². The Balaban J connectivity index is 2.11. The second-order valence-corrected chi connectivity index (χ2v) is 5.84. The lowest BCUT2D eigenvalue weighted by Crippen LogP contribution is -2.49. The summed E-state index contributed by atoms with van der Waals surface area (Å²) in [5.41, 5.74) is 0.247. The van der Waals surface area contributed by atoms with Crippen LogP contribution >= 0.6 is 0 Å². The van der Waals surface area contributed by atoms with Gasteiger partial charge in [-0.05, 0) is 19.9 Å². The maximum Gasteiger partial charge on any atom is 0.138 e. The Morgan fingerprint density at radius 3 is 2.78 bits per heavy atom. The molecule has 0 bridgehead atoms. The number of rotatable bonds is 0. The SMILES string of the molecule is CC1(C)CC2(CC(=O)CCO2)c2ccccc2O1. The number of ether oxygens (including phenoxy) is 2. The normalized spacial score (nSPS) is 29.8. The summed E-state index contributed by atoms with van der Waals surface area (Å²) >= 11 is 0. The standard InChI is InChI=1S/C15H18O3/c1-14(2)10-15(9-11(16)7-8-17-15)12-5-3-4-6-13(12)18-14/h3-6H,7-10H2,1-2H3. The molecule has 0 aromatic heterocycles. The molecule has 3 nitrogen and oxygen atoms in total. The van der Waals surface area contributed by atoms with Gasteiger partial charge in [-0.2, -0.15) is 0 Å². The largest absolute Gasteiger partial charge is 0.487 e. The van der Waals surface area contributed by atoms with Gasteiger partial charge in [0.15, 0.2) is 0 Å². The minimum Gasteiger partial charge on any atom is -0.487 e. The fourth-order valence-corrected chi connectivity index (χ4v) is 3.15. The number of Topliss-reactive ketones (excluding diaryl/α,β-unsaturated/α-hetero) is 1. The topological polar surface area (TPSA) is 35.5 Å². The first kappa shape index (κ1) is 11.7. The summed E-state index contributed by atoms with van der Waals surface area (Å²) in [5.74, 6) is 1.14. The first-order valence-corrected chi connectivity index (χ1v) is 6.45. The van der Waals surface area contributed by atoms with Gasteiger partial charge in [-0.15, -0.1) is 0 Å². The Morgan fingerprint density at radius 1 is 1.22 bits per heavy atom. The Kier molecular flexibility index (Phi) is 2.49. The Bertz CT molecular complexity index is 492. The summed E-state index contributed by atoms with van der Waals surface area (Å²) in [6.07, 6.45) is 1.73. The molecule has 0 N–H and O–H groups in total. The average molecular weight is 246 g/mol. The van der Waals surface area contributed by atoms with Crippen LogP contribution in [-0.2, 0) is 15.1 Å². The maximum atomic E-state index is 11.8. The highest BCUT2D eigenvalue weighted by atomic mass is 16.5. The van der Waals surface area contributed by atoms with Crippen LogP contribution in [0.2, 0.25) is 0 Å². The van der Waals surface area contributed by atoms with Crippen LogP contribution in [0.25, 0.3) is 0 Å². The summed E-state index contributed by atoms with van der Waals surface area (Å²) in [7, 11) is 0. The van der Waals surface area contributed by atoms with Gasteiger partial charge in [0.1, 0.15) is 22.7 Å². The van der Waals surface area contributed by atoms with Crippen LogP contribution in [-0.4, -0.2) is 18.0 Å². The summed E-state index contributed by atoms with van der Waals surface area (Å²) in [5, 5.41) is 0. The van der Waals surface area contributed by atoms with Crippen molar-refractivity contribution in [1.29, 1.82) is 0 Å². The summed E-state index contributed by atoms with van der Waals surface area (Å²) in [6, 6.07) is 7.91. The minimum atomic E-state index is -0.478. The average Bonchev–Trinajstić information content (AvgIpc) is 2.27. The van der Waals surface area contributed by atoms with Crippen molar-refractivity contribution in [2.24, 2.45) is 0 Å². The molecule has 0 saturated carbocycles. The van der Waals surface area contributed by atoms with E-state index in [0.29, 0.717) is 19.4 Å². The molecule has 2 aliphatic heterocycles. The van der Waals surface area contributed by atoms with E-state index in [4.69, 9.17) is 9.47 Å². The monoisotopic (exact) mass is 246 g/mol. The number of hydrogen-bond donors (Lipinski definition) is 0. The molecule has 1 saturated heterocycles. The Morgan fingerprint density at radius 2 is 2.00 bits per heavy atom. The predicted octanol–water partition coefficient (Wildman–Crippen LogP) is 2.82. The number of carbonyl (C=O) groups is 1. The van der Waals surface area contributed by atoms with Crippen molar-refractivity contribution >= 4 is 5.78 Å². The number of fused-ring (bicyclic) bond motifs is 2. The van der Waals surface area contributed by atoms with Crippen LogP contribution < -0.4 is 4.74 Å². The third-order valence-electron chi connectivity index (χ3n) is 3.72. The molecule has 96 valence electrons. The van der Waals surface area contributed by atoms with Crippen molar-refractivity contribution in [1.82, 2.24) is 0 Å². The van der Waals surface area contributed by atoms with E-state index >= 15 is 0 Å². The zero-order chi connectivity index (χ0) is 12.8. The summed E-state index contributed by atoms with van der Waals surface area (Å²) in [6.45, 7) is 4.61. The van der Waals surface area contributed by atoms with Crippen molar-refractivity contribution in [3.05, 3.63) is 29.8 Å². The van der Waals surface area contributed by atoms with Crippen molar-refractivity contribution < 1.29 is 14.3 Å². The van der Waals surface area contributed by atoms with Crippen LogP contribution in [0.1, 0.15) is 38.7 Å². The van der Waals surface area contributed by atoms with Crippen molar-refractivity contribution in [2.75, 3.05) is 6.61 Å². The first-order chi connectivity index (χ1) is 8.51. The quantitative estimate of drug-likeness (QED) is 0.706. The second kappa shape index (κ2) is 3.82. The number of ketones is 1. The van der Waals surface area contributed by atoms with E-state index in [-0.39, 0.29) is 11.4 Å². The van der Waals surface area contributed by atoms with Crippen LogP contribution in [0.5, 0.6) is 5.75 Å². The van der Waals surface area contributed by atoms with E-state index in [9.17, 15) is 4.79 Å². The third-order valence-corrected chi connectivity index (χ3v) is 3.72. The molecule has 1 unspecified atom stereocenters. The molecule has 0 radical (unpaired) electrons. The molecule has 1 atom stereocenters. The Hall–Kier alpha value is -1.35. The highest BCUT2D eigenvalue weighted by molar-refractivity contribution is 5.80. The molecule has 1 aromatic rings. The smallest absolute Gasteiger partial charge is 0.138 e. The van der Waals surface area contributed by atoms with Crippen LogP contribution in [0, 0.1) is 0 Å². The molecule has 3 rings (SSSR count). The lowest BCUT2D eigenvalue weighted by Gasteiger charge is -2.47. The number of hydrogen-bond acceptors (Lipinski definition) is 3. The molecule has 3 heteroatoms. The number of benzene rings is 1. The van der Waals surface area contributed by atoms with Gasteiger partial charge >= 0.3 is 0 Å². The van der Waals surface area contributed by atoms with Gasteiger partial charge in [0.25, 0.3) is 0 Å². The molecule has 1 aromatic carbocycles. The minimum absolute atomic E-state index is 0.286. The molecule has 2 heterocycles. The van der Waals surface area contributed by atoms with E-state index in [2.05, 4.69) is 0 Å². The number of carbonyl (C=O) groups excluding carboxylic acids is 1.